The van der Waals surface area contributed by atoms with Gasteiger partial charge in [0.15, 0.2) is 0 Å². The molecule has 0 amide bonds. The van der Waals surface area contributed by atoms with Gasteiger partial charge in [0.1, 0.15) is 5.78 Å². The minimum atomic E-state index is 0.0885. The molecule has 1 aromatic carbocycles. The molecule has 3 rings (SSSR count). The van der Waals surface area contributed by atoms with Crippen molar-refractivity contribution >= 4 is 5.78 Å². The highest BCUT2D eigenvalue weighted by Gasteiger charge is 2.74. The monoisotopic (exact) mass is 242 g/mol. The van der Waals surface area contributed by atoms with Crippen molar-refractivity contribution < 1.29 is 4.79 Å². The van der Waals surface area contributed by atoms with E-state index in [0.29, 0.717) is 11.7 Å². The molecule has 0 bridgehead atoms. The number of hydrogen-bond acceptors (Lipinski definition) is 1. The van der Waals surface area contributed by atoms with Crippen LogP contribution in [0.3, 0.4) is 0 Å². The highest BCUT2D eigenvalue weighted by Crippen LogP contribution is 2.76. The minimum absolute atomic E-state index is 0.0885. The molecule has 0 aromatic heterocycles. The van der Waals surface area contributed by atoms with Crippen LogP contribution in [-0.4, -0.2) is 5.78 Å². The molecule has 0 aliphatic heterocycles. The summed E-state index contributed by atoms with van der Waals surface area (Å²) in [4.78, 5) is 12.3. The maximum atomic E-state index is 12.3. The molecule has 0 N–H and O–H groups in total. The van der Waals surface area contributed by atoms with E-state index in [-0.39, 0.29) is 11.3 Å². The third-order valence-corrected chi connectivity index (χ3v) is 4.69. The highest BCUT2D eigenvalue weighted by molar-refractivity contribution is 5.96. The van der Waals surface area contributed by atoms with Crippen molar-refractivity contribution in [2.24, 2.45) is 17.3 Å². The summed E-state index contributed by atoms with van der Waals surface area (Å²) in [5.74, 6) is 2.02. The van der Waals surface area contributed by atoms with E-state index in [1.807, 2.05) is 0 Å². The fourth-order valence-electron chi connectivity index (χ4n) is 3.10. The lowest BCUT2D eigenvalue weighted by atomic mass is 9.89. The Hall–Kier alpha value is -1.11. The fourth-order valence-corrected chi connectivity index (χ4v) is 3.10. The van der Waals surface area contributed by atoms with Crippen LogP contribution in [0.2, 0.25) is 0 Å². The van der Waals surface area contributed by atoms with Gasteiger partial charge in [-0.05, 0) is 42.2 Å². The number of rotatable bonds is 5. The molecule has 2 fully saturated rings. The van der Waals surface area contributed by atoms with E-state index in [4.69, 9.17) is 0 Å². The third kappa shape index (κ3) is 1.90. The van der Waals surface area contributed by atoms with E-state index in [0.717, 1.165) is 12.3 Å². The van der Waals surface area contributed by atoms with Crippen LogP contribution in [0.15, 0.2) is 24.3 Å². The largest absolute Gasteiger partial charge is 0.298 e. The second-order valence-electron chi connectivity index (χ2n) is 6.69. The molecule has 0 radical (unpaired) electrons. The molecule has 18 heavy (non-hydrogen) atoms. The topological polar surface area (TPSA) is 17.1 Å². The molecule has 96 valence electrons. The summed E-state index contributed by atoms with van der Waals surface area (Å²) in [6, 6.07) is 8.68. The Morgan fingerprint density at radius 3 is 2.22 bits per heavy atom. The van der Waals surface area contributed by atoms with Crippen molar-refractivity contribution in [3.63, 3.8) is 0 Å². The van der Waals surface area contributed by atoms with Crippen LogP contribution in [0, 0.1) is 17.3 Å². The predicted octanol–water partition coefficient (Wildman–Crippen LogP) is 3.97. The Bertz CT molecular complexity index is 463. The summed E-state index contributed by atoms with van der Waals surface area (Å²) < 4.78 is 0. The smallest absolute Gasteiger partial charge is 0.146 e. The van der Waals surface area contributed by atoms with Gasteiger partial charge in [-0.15, -0.1) is 0 Å². The molecule has 1 heteroatoms. The molecule has 1 atom stereocenters. The quantitative estimate of drug-likeness (QED) is 0.763. The molecule has 1 aromatic rings. The lowest BCUT2D eigenvalue weighted by Crippen LogP contribution is -2.15. The van der Waals surface area contributed by atoms with Crippen LogP contribution in [0.25, 0.3) is 0 Å². The lowest BCUT2D eigenvalue weighted by molar-refractivity contribution is -0.123. The van der Waals surface area contributed by atoms with E-state index >= 15 is 0 Å². The van der Waals surface area contributed by atoms with Crippen LogP contribution in [-0.2, 0) is 11.2 Å². The number of carbonyl (C=O) groups excluding carboxylic acids is 1. The molecule has 2 aliphatic carbocycles. The Morgan fingerprint density at radius 1 is 1.22 bits per heavy atom. The number of Topliss-reactive ketones (excluding diaryl/α,β-unsaturated/α-hetero) is 1. The molecule has 0 saturated heterocycles. The average molecular weight is 242 g/mol. The number of carbonyl (C=O) groups is 1. The molecule has 0 spiro atoms. The Kier molecular flexibility index (Phi) is 2.62. The second-order valence-corrected chi connectivity index (χ2v) is 6.69. The van der Waals surface area contributed by atoms with E-state index < -0.39 is 0 Å². The summed E-state index contributed by atoms with van der Waals surface area (Å²) in [6.07, 6.45) is 3.46. The number of hydrogen-bond donors (Lipinski definition) is 0. The van der Waals surface area contributed by atoms with Gasteiger partial charge in [-0.2, -0.15) is 0 Å². The molecule has 0 unspecified atom stereocenters. The average Bonchev–Trinajstić information content (AvgIpc) is 3.16. The van der Waals surface area contributed by atoms with E-state index in [2.05, 4.69) is 45.0 Å². The zero-order valence-electron chi connectivity index (χ0n) is 11.6. The van der Waals surface area contributed by atoms with E-state index in [9.17, 15) is 4.79 Å². The van der Waals surface area contributed by atoms with Crippen molar-refractivity contribution in [1.82, 2.24) is 0 Å². The molecule has 2 aliphatic rings. The van der Waals surface area contributed by atoms with Crippen LogP contribution in [0.5, 0.6) is 0 Å². The van der Waals surface area contributed by atoms with Gasteiger partial charge >= 0.3 is 0 Å². The van der Waals surface area contributed by atoms with E-state index in [1.54, 1.807) is 0 Å². The Labute approximate surface area is 110 Å². The second kappa shape index (κ2) is 3.94. The van der Waals surface area contributed by atoms with Gasteiger partial charge in [0.05, 0.1) is 0 Å². The van der Waals surface area contributed by atoms with Gasteiger partial charge < -0.3 is 0 Å². The molecule has 1 nitrogen and oxygen atoms in total. The number of benzene rings is 1. The fraction of sp³-hybridized carbons (Fsp3) is 0.588. The first-order valence-corrected chi connectivity index (χ1v) is 7.16. The van der Waals surface area contributed by atoms with Crippen LogP contribution < -0.4 is 0 Å². The summed E-state index contributed by atoms with van der Waals surface area (Å²) in [5.41, 5.74) is 2.72. The van der Waals surface area contributed by atoms with E-state index in [1.165, 1.54) is 24.0 Å². The van der Waals surface area contributed by atoms with Crippen LogP contribution in [0.4, 0.5) is 0 Å². The van der Waals surface area contributed by atoms with Crippen molar-refractivity contribution in [2.45, 2.75) is 46.0 Å². The normalized spacial score (nSPS) is 29.9. The molecular weight excluding hydrogens is 220 g/mol. The van der Waals surface area contributed by atoms with Crippen molar-refractivity contribution in [3.8, 4) is 0 Å². The van der Waals surface area contributed by atoms with Gasteiger partial charge in [-0.25, -0.2) is 0 Å². The first-order valence-electron chi connectivity index (χ1n) is 7.16. The Balaban J connectivity index is 1.70. The van der Waals surface area contributed by atoms with Gasteiger partial charge in [0.2, 0.25) is 0 Å². The SMILES string of the molecule is CC(C)Cc1ccc([C@@H](C)C(=O)C23CC2C3)cc1. The number of fused-ring (bicyclic) bond motifs is 1. The highest BCUT2D eigenvalue weighted by atomic mass is 16.1. The first kappa shape index (κ1) is 12.0. The minimum Gasteiger partial charge on any atom is -0.298 e. The summed E-state index contributed by atoms with van der Waals surface area (Å²) >= 11 is 0. The van der Waals surface area contributed by atoms with Crippen molar-refractivity contribution in [3.05, 3.63) is 35.4 Å². The van der Waals surface area contributed by atoms with Crippen molar-refractivity contribution in [1.29, 1.82) is 0 Å². The van der Waals surface area contributed by atoms with Gasteiger partial charge in [0.25, 0.3) is 0 Å². The van der Waals surface area contributed by atoms with Gasteiger partial charge in [-0.3, -0.25) is 4.79 Å². The Morgan fingerprint density at radius 2 is 1.78 bits per heavy atom. The zero-order chi connectivity index (χ0) is 12.9. The third-order valence-electron chi connectivity index (χ3n) is 4.69. The summed E-state index contributed by atoms with van der Waals surface area (Å²) in [6.45, 7) is 6.54. The maximum absolute atomic E-state index is 12.3. The number of ketones is 1. The molecule has 0 heterocycles. The van der Waals surface area contributed by atoms with Crippen molar-refractivity contribution in [2.75, 3.05) is 0 Å². The van der Waals surface area contributed by atoms with Gasteiger partial charge in [0, 0.05) is 11.3 Å². The lowest BCUT2D eigenvalue weighted by Gasteiger charge is -2.14. The maximum Gasteiger partial charge on any atom is 0.146 e. The predicted molar refractivity (Wildman–Crippen MR) is 73.6 cm³/mol. The molecular formula is C17H22O. The summed E-state index contributed by atoms with van der Waals surface area (Å²) in [7, 11) is 0. The summed E-state index contributed by atoms with van der Waals surface area (Å²) in [5, 5.41) is 0. The standard InChI is InChI=1S/C17H22O/c1-11(2)8-13-4-6-14(7-5-13)12(3)16(18)17-9-15(17)10-17/h4-7,11-12,15H,8-10H2,1-3H3/t12-,15?,17?/m1/s1. The van der Waals surface area contributed by atoms with Crippen LogP contribution in [0.1, 0.15) is 50.7 Å². The molecule has 2 saturated carbocycles. The van der Waals surface area contributed by atoms with Gasteiger partial charge in [-0.1, -0.05) is 45.0 Å². The zero-order valence-corrected chi connectivity index (χ0v) is 11.6. The first-order chi connectivity index (χ1) is 8.53. The van der Waals surface area contributed by atoms with Crippen LogP contribution >= 0.6 is 0 Å².